The van der Waals surface area contributed by atoms with Gasteiger partial charge >= 0.3 is 0 Å². The molecule has 1 aromatic heterocycles. The van der Waals surface area contributed by atoms with Crippen LogP contribution in [0.2, 0.25) is 0 Å². The lowest BCUT2D eigenvalue weighted by Gasteiger charge is -2.38. The van der Waals surface area contributed by atoms with Crippen LogP contribution in [-0.4, -0.2) is 47.6 Å². The number of anilines is 2. The van der Waals surface area contributed by atoms with Gasteiger partial charge in [-0.05, 0) is 29.9 Å². The van der Waals surface area contributed by atoms with E-state index in [4.69, 9.17) is 5.84 Å². The number of nitrogens with one attached hydrogen (secondary N) is 1. The third-order valence-corrected chi connectivity index (χ3v) is 3.90. The Morgan fingerprint density at radius 1 is 1.47 bits per heavy atom. The topological polar surface area (TPSA) is 70.3 Å². The lowest BCUT2D eigenvalue weighted by molar-refractivity contribution is 0.233. The molecule has 0 spiro atoms. The maximum absolute atomic E-state index is 5.40. The second-order valence-electron chi connectivity index (χ2n) is 4.28. The van der Waals surface area contributed by atoms with Crippen LogP contribution in [0, 0.1) is 0 Å². The van der Waals surface area contributed by atoms with Crippen molar-refractivity contribution in [2.24, 2.45) is 5.84 Å². The van der Waals surface area contributed by atoms with Crippen LogP contribution < -0.4 is 16.2 Å². The summed E-state index contributed by atoms with van der Waals surface area (Å²) in [5.74, 6) is 6.91. The monoisotopic (exact) mass is 300 g/mol. The zero-order valence-electron chi connectivity index (χ0n) is 10.0. The fourth-order valence-corrected chi connectivity index (χ4v) is 2.49. The predicted octanol–water partition coefficient (Wildman–Crippen LogP) is 0.665. The molecular weight excluding hydrogens is 284 g/mol. The molecule has 94 valence electrons. The highest BCUT2D eigenvalue weighted by Crippen LogP contribution is 2.29. The summed E-state index contributed by atoms with van der Waals surface area (Å²) >= 11 is 3.49. The van der Waals surface area contributed by atoms with Crippen molar-refractivity contribution >= 4 is 27.6 Å². The van der Waals surface area contributed by atoms with Gasteiger partial charge in [-0.15, -0.1) is 0 Å². The van der Waals surface area contributed by atoms with E-state index in [1.54, 1.807) is 0 Å². The molecule has 0 aliphatic carbocycles. The minimum atomic E-state index is 0.514. The molecule has 7 heteroatoms. The Morgan fingerprint density at radius 2 is 2.24 bits per heavy atom. The molecule has 0 aromatic carbocycles. The highest BCUT2D eigenvalue weighted by atomic mass is 79.9. The van der Waals surface area contributed by atoms with Crippen molar-refractivity contribution in [1.82, 2.24) is 14.9 Å². The number of halogens is 1. The van der Waals surface area contributed by atoms with Crippen LogP contribution in [0.15, 0.2) is 10.8 Å². The smallest absolute Gasteiger partial charge is 0.159 e. The fourth-order valence-electron chi connectivity index (χ4n) is 1.92. The number of rotatable bonds is 2. The van der Waals surface area contributed by atoms with Gasteiger partial charge in [0.2, 0.25) is 0 Å². The van der Waals surface area contributed by atoms with Gasteiger partial charge in [-0.1, -0.05) is 0 Å². The summed E-state index contributed by atoms with van der Waals surface area (Å²) in [4.78, 5) is 13.0. The average molecular weight is 301 g/mol. The van der Waals surface area contributed by atoms with Gasteiger partial charge in [0.15, 0.2) is 5.82 Å². The van der Waals surface area contributed by atoms with E-state index >= 15 is 0 Å². The molecule has 1 aromatic rings. The normalized spacial score (nSPS) is 21.6. The second kappa shape index (κ2) is 5.16. The quantitative estimate of drug-likeness (QED) is 0.618. The first kappa shape index (κ1) is 12.5. The van der Waals surface area contributed by atoms with E-state index in [-0.39, 0.29) is 0 Å². The first-order valence-electron chi connectivity index (χ1n) is 5.55. The molecule has 0 bridgehead atoms. The van der Waals surface area contributed by atoms with E-state index in [1.807, 2.05) is 0 Å². The Labute approximate surface area is 109 Å². The molecule has 0 amide bonds. The van der Waals surface area contributed by atoms with Crippen molar-refractivity contribution in [2.75, 3.05) is 37.0 Å². The van der Waals surface area contributed by atoms with Crippen LogP contribution in [0.25, 0.3) is 0 Å². The second-order valence-corrected chi connectivity index (χ2v) is 5.07. The number of likely N-dealkylation sites (N-methyl/N-ethyl adjacent to an activating group) is 1. The molecule has 0 radical (unpaired) electrons. The van der Waals surface area contributed by atoms with Gasteiger partial charge in [0.05, 0.1) is 0 Å². The predicted molar refractivity (Wildman–Crippen MR) is 71.8 cm³/mol. The molecule has 2 rings (SSSR count). The minimum Gasteiger partial charge on any atom is -0.353 e. The molecule has 1 saturated heterocycles. The van der Waals surface area contributed by atoms with Crippen molar-refractivity contribution in [3.63, 3.8) is 0 Å². The molecule has 1 atom stereocenters. The van der Waals surface area contributed by atoms with E-state index in [9.17, 15) is 0 Å². The summed E-state index contributed by atoms with van der Waals surface area (Å²) in [6.07, 6.45) is 1.53. The van der Waals surface area contributed by atoms with Crippen LogP contribution in [0.5, 0.6) is 0 Å². The minimum absolute atomic E-state index is 0.514. The van der Waals surface area contributed by atoms with Crippen molar-refractivity contribution in [3.8, 4) is 0 Å². The summed E-state index contributed by atoms with van der Waals surface area (Å²) < 4.78 is 0.819. The van der Waals surface area contributed by atoms with Gasteiger partial charge in [0, 0.05) is 25.7 Å². The molecule has 3 N–H and O–H groups in total. The van der Waals surface area contributed by atoms with Crippen molar-refractivity contribution in [2.45, 2.75) is 13.0 Å². The standard InChI is InChI=1S/C10H17BrN6/c1-7-5-17(4-3-16(7)2)10-8(11)9(15-12)13-6-14-10/h6-7H,3-5,12H2,1-2H3,(H,13,14,15). The van der Waals surface area contributed by atoms with E-state index in [1.165, 1.54) is 6.33 Å². The van der Waals surface area contributed by atoms with Gasteiger partial charge in [-0.25, -0.2) is 15.8 Å². The van der Waals surface area contributed by atoms with E-state index < -0.39 is 0 Å². The number of nitrogens with zero attached hydrogens (tertiary/aromatic N) is 4. The lowest BCUT2D eigenvalue weighted by Crippen LogP contribution is -2.50. The maximum atomic E-state index is 5.40. The van der Waals surface area contributed by atoms with E-state index in [0.717, 1.165) is 29.9 Å². The molecule has 2 heterocycles. The number of nitrogens with two attached hydrogens (primary N) is 1. The van der Waals surface area contributed by atoms with Crippen LogP contribution in [-0.2, 0) is 0 Å². The summed E-state index contributed by atoms with van der Waals surface area (Å²) in [5, 5.41) is 0. The highest BCUT2D eigenvalue weighted by Gasteiger charge is 2.23. The number of piperazine rings is 1. The summed E-state index contributed by atoms with van der Waals surface area (Å²) in [7, 11) is 2.14. The summed E-state index contributed by atoms with van der Waals surface area (Å²) in [5.41, 5.74) is 2.56. The summed E-state index contributed by atoms with van der Waals surface area (Å²) in [6.45, 7) is 5.16. The van der Waals surface area contributed by atoms with E-state index in [2.05, 4.69) is 55.1 Å². The Morgan fingerprint density at radius 3 is 2.88 bits per heavy atom. The number of aromatic nitrogens is 2. The van der Waals surface area contributed by atoms with Crippen LogP contribution >= 0.6 is 15.9 Å². The third kappa shape index (κ3) is 2.51. The van der Waals surface area contributed by atoms with Crippen molar-refractivity contribution < 1.29 is 0 Å². The Kier molecular flexibility index (Phi) is 3.80. The number of hydrogen-bond acceptors (Lipinski definition) is 6. The molecule has 1 aliphatic rings. The first-order chi connectivity index (χ1) is 8.13. The molecule has 1 aliphatic heterocycles. The SMILES string of the molecule is CC1CN(c2ncnc(NN)c2Br)CCN1C. The number of hydrazine groups is 1. The fraction of sp³-hybridized carbons (Fsp3) is 0.600. The lowest BCUT2D eigenvalue weighted by atomic mass is 10.2. The van der Waals surface area contributed by atoms with Crippen LogP contribution in [0.4, 0.5) is 11.6 Å². The zero-order chi connectivity index (χ0) is 12.4. The van der Waals surface area contributed by atoms with Gasteiger partial charge in [-0.2, -0.15) is 0 Å². The van der Waals surface area contributed by atoms with Gasteiger partial charge < -0.3 is 15.2 Å². The van der Waals surface area contributed by atoms with Gasteiger partial charge in [0.1, 0.15) is 16.6 Å². The number of hydrogen-bond donors (Lipinski definition) is 2. The molecule has 1 unspecified atom stereocenters. The first-order valence-corrected chi connectivity index (χ1v) is 6.35. The Balaban J connectivity index is 2.23. The Bertz CT molecular complexity index is 398. The Hall–Kier alpha value is -0.920. The molecule has 1 fully saturated rings. The van der Waals surface area contributed by atoms with Crippen molar-refractivity contribution in [1.29, 1.82) is 0 Å². The number of nitrogen functional groups attached to an aromatic ring is 1. The van der Waals surface area contributed by atoms with Crippen LogP contribution in [0.1, 0.15) is 6.92 Å². The molecular formula is C10H17BrN6. The molecule has 17 heavy (non-hydrogen) atoms. The highest BCUT2D eigenvalue weighted by molar-refractivity contribution is 9.10. The van der Waals surface area contributed by atoms with Crippen molar-refractivity contribution in [3.05, 3.63) is 10.8 Å². The third-order valence-electron chi connectivity index (χ3n) is 3.17. The van der Waals surface area contributed by atoms with Crippen LogP contribution in [0.3, 0.4) is 0 Å². The average Bonchev–Trinajstić information content (AvgIpc) is 2.33. The summed E-state index contributed by atoms with van der Waals surface area (Å²) in [6, 6.07) is 0.514. The van der Waals surface area contributed by atoms with E-state index in [0.29, 0.717) is 11.9 Å². The molecule has 6 nitrogen and oxygen atoms in total. The van der Waals surface area contributed by atoms with Gasteiger partial charge in [-0.3, -0.25) is 0 Å². The largest absolute Gasteiger partial charge is 0.353 e. The zero-order valence-corrected chi connectivity index (χ0v) is 11.6. The molecule has 0 saturated carbocycles. The maximum Gasteiger partial charge on any atom is 0.159 e. The van der Waals surface area contributed by atoms with Gasteiger partial charge in [0.25, 0.3) is 0 Å².